The zero-order valence-corrected chi connectivity index (χ0v) is 26.8. The number of benzene rings is 1. The Hall–Kier alpha value is -3.72. The van der Waals surface area contributed by atoms with Crippen LogP contribution in [0.5, 0.6) is 0 Å². The van der Waals surface area contributed by atoms with Crippen LogP contribution in [-0.2, 0) is 19.8 Å². The van der Waals surface area contributed by atoms with Gasteiger partial charge >= 0.3 is 13.3 Å². The number of aromatic amines is 1. The molecule has 3 saturated heterocycles. The number of hydrogen-bond donors (Lipinski definition) is 4. The predicted octanol–water partition coefficient (Wildman–Crippen LogP) is 2.72. The number of rotatable bonds is 6. The van der Waals surface area contributed by atoms with Crippen LogP contribution < -0.4 is 5.32 Å². The van der Waals surface area contributed by atoms with Gasteiger partial charge in [0.1, 0.15) is 12.1 Å². The summed E-state index contributed by atoms with van der Waals surface area (Å²) in [4.78, 5) is 77.6. The van der Waals surface area contributed by atoms with E-state index in [1.165, 1.54) is 24.5 Å². The molecule has 0 spiro atoms. The summed E-state index contributed by atoms with van der Waals surface area (Å²) >= 11 is 1.02. The lowest BCUT2D eigenvalue weighted by molar-refractivity contribution is -0.148. The molecule has 4 N–H and O–H groups in total. The number of aromatic nitrogens is 2. The van der Waals surface area contributed by atoms with Gasteiger partial charge in [-0.2, -0.15) is 13.9 Å². The van der Waals surface area contributed by atoms with Gasteiger partial charge in [-0.05, 0) is 67.5 Å². The minimum Gasteiger partial charge on any atom is -0.340 e. The molecule has 0 bridgehead atoms. The largest absolute Gasteiger partial charge is 0.399 e. The normalized spacial score (nSPS) is 26.4. The van der Waals surface area contributed by atoms with Crippen molar-refractivity contribution in [3.63, 3.8) is 0 Å². The number of thiophene rings is 1. The van der Waals surface area contributed by atoms with Gasteiger partial charge in [0, 0.05) is 48.7 Å². The fourth-order valence-corrected chi connectivity index (χ4v) is 8.68. The van der Waals surface area contributed by atoms with E-state index in [0.717, 1.165) is 36.3 Å². The van der Waals surface area contributed by atoms with Crippen LogP contribution in [-0.4, -0.2) is 103 Å². The van der Waals surface area contributed by atoms with Crippen molar-refractivity contribution in [3.8, 4) is 0 Å². The first kappa shape index (κ1) is 31.9. The summed E-state index contributed by atoms with van der Waals surface area (Å²) in [6.07, 6.45) is 6.36. The van der Waals surface area contributed by atoms with Crippen LogP contribution in [0, 0.1) is 11.8 Å². The number of H-pyrrole nitrogens is 1. The van der Waals surface area contributed by atoms with Gasteiger partial charge < -0.3 is 29.8 Å². The van der Waals surface area contributed by atoms with Crippen LogP contribution >= 0.6 is 18.9 Å². The topological polar surface area (TPSA) is 176 Å². The smallest absolute Gasteiger partial charge is 0.340 e. The second kappa shape index (κ2) is 11.8. The summed E-state index contributed by atoms with van der Waals surface area (Å²) in [5, 5.41) is 9.52. The van der Waals surface area contributed by atoms with Gasteiger partial charge in [0.2, 0.25) is 11.8 Å². The Kier molecular flexibility index (Phi) is 7.97. The second-order valence-corrected chi connectivity index (χ2v) is 15.5. The Labute approximate surface area is 271 Å². The molecule has 13 nitrogen and oxygen atoms in total. The average Bonchev–Trinajstić information content (AvgIpc) is 3.46. The van der Waals surface area contributed by atoms with E-state index in [2.05, 4.69) is 15.5 Å². The van der Waals surface area contributed by atoms with E-state index in [0.29, 0.717) is 61.6 Å². The highest BCUT2D eigenvalue weighted by Crippen LogP contribution is 2.59. The maximum absolute atomic E-state index is 14.3. The standard InChI is InChI=1S/C30H33F2N6O7PS/c31-30(32,46(43,44)45)20-1-4-24-18(10-20)13-25(47-24)26(39)35-22-12-17-9-16(17)11-21-2-3-23(38(21)28(22)41)29(42)37-7-5-36(6-8-37)27(40)19-14-33-34-15-19/h1,4,10,13-17,21-23H,2-3,5-9,11-12H2,(H,33,34)(H,35,39)(H2,43,44,45)/t16-,17+,21-,22+,23+/m1/s1. The summed E-state index contributed by atoms with van der Waals surface area (Å²) in [7, 11) is -5.77. The molecule has 5 atom stereocenters. The van der Waals surface area contributed by atoms with Crippen LogP contribution in [0.3, 0.4) is 0 Å². The lowest BCUT2D eigenvalue weighted by Gasteiger charge is -2.39. The van der Waals surface area contributed by atoms with Gasteiger partial charge in [-0.15, -0.1) is 11.3 Å². The molecule has 5 heterocycles. The summed E-state index contributed by atoms with van der Waals surface area (Å²) in [6, 6.07) is 2.86. The molecule has 4 aliphatic rings. The van der Waals surface area contributed by atoms with E-state index in [-0.39, 0.29) is 39.9 Å². The molecule has 1 aliphatic carbocycles. The fourth-order valence-electron chi connectivity index (χ4n) is 7.26. The van der Waals surface area contributed by atoms with Gasteiger partial charge in [0.05, 0.1) is 16.6 Å². The average molecular weight is 691 g/mol. The third kappa shape index (κ3) is 5.85. The highest BCUT2D eigenvalue weighted by molar-refractivity contribution is 7.52. The highest BCUT2D eigenvalue weighted by Gasteiger charge is 2.52. The number of halogens is 2. The van der Waals surface area contributed by atoms with Crippen molar-refractivity contribution in [1.29, 1.82) is 0 Å². The first-order valence-corrected chi connectivity index (χ1v) is 17.9. The molecule has 3 aromatic rings. The van der Waals surface area contributed by atoms with Gasteiger partial charge in [-0.1, -0.05) is 6.07 Å². The number of carbonyl (C=O) groups excluding carboxylic acids is 4. The number of nitrogens with zero attached hydrogens (tertiary/aromatic N) is 4. The zero-order valence-electron chi connectivity index (χ0n) is 25.1. The number of alkyl halides is 2. The fraction of sp³-hybridized carbons (Fsp3) is 0.500. The van der Waals surface area contributed by atoms with Crippen molar-refractivity contribution < 1.29 is 42.3 Å². The Morgan fingerprint density at radius 1 is 1.02 bits per heavy atom. The van der Waals surface area contributed by atoms with Crippen molar-refractivity contribution in [2.45, 2.75) is 55.9 Å². The highest BCUT2D eigenvalue weighted by atomic mass is 32.1. The van der Waals surface area contributed by atoms with Crippen LogP contribution in [0.2, 0.25) is 0 Å². The van der Waals surface area contributed by atoms with Crippen molar-refractivity contribution in [2.75, 3.05) is 26.2 Å². The lowest BCUT2D eigenvalue weighted by atomic mass is 9.99. The van der Waals surface area contributed by atoms with E-state index in [1.807, 2.05) is 0 Å². The van der Waals surface area contributed by atoms with E-state index < -0.39 is 36.8 Å². The molecule has 0 unspecified atom stereocenters. The molecule has 250 valence electrons. The Balaban J connectivity index is 1.06. The number of fused-ring (bicyclic) bond motifs is 3. The first-order valence-electron chi connectivity index (χ1n) is 15.5. The van der Waals surface area contributed by atoms with Crippen molar-refractivity contribution in [3.05, 3.63) is 52.7 Å². The van der Waals surface area contributed by atoms with Crippen molar-refractivity contribution in [1.82, 2.24) is 30.2 Å². The second-order valence-electron chi connectivity index (χ2n) is 12.8. The number of amides is 4. The molecule has 1 saturated carbocycles. The maximum Gasteiger partial charge on any atom is 0.399 e. The third-order valence-corrected chi connectivity index (χ3v) is 12.0. The first-order chi connectivity index (χ1) is 22.3. The van der Waals surface area contributed by atoms with Gasteiger partial charge in [-0.3, -0.25) is 28.8 Å². The lowest BCUT2D eigenvalue weighted by Crippen LogP contribution is -2.59. The van der Waals surface area contributed by atoms with Crippen LogP contribution in [0.15, 0.2) is 36.7 Å². The van der Waals surface area contributed by atoms with E-state index in [9.17, 15) is 32.5 Å². The Morgan fingerprint density at radius 2 is 1.74 bits per heavy atom. The van der Waals surface area contributed by atoms with Gasteiger partial charge in [0.25, 0.3) is 11.8 Å². The predicted molar refractivity (Wildman–Crippen MR) is 165 cm³/mol. The van der Waals surface area contributed by atoms with Crippen LogP contribution in [0.4, 0.5) is 8.78 Å². The molecule has 0 radical (unpaired) electrons. The summed E-state index contributed by atoms with van der Waals surface area (Å²) in [5.41, 5.74) is -4.80. The summed E-state index contributed by atoms with van der Waals surface area (Å²) < 4.78 is 40.4. The molecular formula is C30H33F2N6O7PS. The van der Waals surface area contributed by atoms with Crippen molar-refractivity contribution in [2.24, 2.45) is 11.8 Å². The van der Waals surface area contributed by atoms with Gasteiger partial charge in [0.15, 0.2) is 0 Å². The van der Waals surface area contributed by atoms with Crippen LogP contribution in [0.25, 0.3) is 10.1 Å². The minimum absolute atomic E-state index is 0.117. The molecular weight excluding hydrogens is 657 g/mol. The third-order valence-electron chi connectivity index (χ3n) is 9.90. The minimum atomic E-state index is -5.77. The van der Waals surface area contributed by atoms with Crippen molar-refractivity contribution >= 4 is 52.6 Å². The SMILES string of the molecule is O=C(N[C@H]1C[C@@H]2C[C@@H]2C[C@H]2CC[C@@H](C(=O)N3CCN(C(=O)c4cn[nH]c4)CC3)N2C1=O)c1cc2cc(C(F)(F)P(=O)(O)O)ccc2s1. The summed E-state index contributed by atoms with van der Waals surface area (Å²) in [6.45, 7) is 1.39. The number of hydrogen-bond acceptors (Lipinski definition) is 7. The number of carbonyl (C=O) groups is 4. The van der Waals surface area contributed by atoms with E-state index in [4.69, 9.17) is 9.79 Å². The molecule has 1 aromatic carbocycles. The molecule has 2 aromatic heterocycles. The van der Waals surface area contributed by atoms with Gasteiger partial charge in [-0.25, -0.2) is 0 Å². The van der Waals surface area contributed by atoms with Crippen LogP contribution in [0.1, 0.15) is 57.7 Å². The monoisotopic (exact) mass is 690 g/mol. The maximum atomic E-state index is 14.3. The zero-order chi connectivity index (χ0) is 33.2. The molecule has 4 amide bonds. The molecule has 47 heavy (non-hydrogen) atoms. The Bertz CT molecular complexity index is 1790. The Morgan fingerprint density at radius 3 is 2.45 bits per heavy atom. The molecule has 17 heteroatoms. The van der Waals surface area contributed by atoms with E-state index in [1.54, 1.807) is 14.7 Å². The molecule has 7 rings (SSSR count). The number of piperazine rings is 1. The quantitative estimate of drug-likeness (QED) is 0.286. The molecule has 4 fully saturated rings. The number of nitrogens with one attached hydrogen (secondary N) is 2. The summed E-state index contributed by atoms with van der Waals surface area (Å²) in [5.74, 6) is -0.532. The van der Waals surface area contributed by atoms with E-state index >= 15 is 0 Å². The molecule has 3 aliphatic heterocycles.